The quantitative estimate of drug-likeness (QED) is 0.903. The normalized spacial score (nSPS) is 9.59. The number of hydrogen-bond donors (Lipinski definition) is 2. The van der Waals surface area contributed by atoms with E-state index in [1.54, 1.807) is 42.5 Å². The summed E-state index contributed by atoms with van der Waals surface area (Å²) < 4.78 is 5.06. The van der Waals surface area contributed by atoms with Gasteiger partial charge in [-0.1, -0.05) is 18.2 Å². The maximum Gasteiger partial charge on any atom is 0.411 e. The molecule has 2 aromatic rings. The number of benzene rings is 2. The second kappa shape index (κ2) is 6.90. The first-order valence-corrected chi connectivity index (χ1v) is 6.41. The number of nitriles is 1. The Hall–Kier alpha value is -3.33. The van der Waals surface area contributed by atoms with Gasteiger partial charge in [0.2, 0.25) is 5.91 Å². The molecule has 0 aliphatic rings. The zero-order valence-electron chi connectivity index (χ0n) is 11.6. The summed E-state index contributed by atoms with van der Waals surface area (Å²) in [7, 11) is 0. The molecule has 6 nitrogen and oxygen atoms in total. The molecule has 0 saturated carbocycles. The third-order valence-corrected chi connectivity index (χ3v) is 2.85. The molecule has 0 aromatic heterocycles. The predicted octanol–water partition coefficient (Wildman–Crippen LogP) is 2.41. The number of carbonyl (C=O) groups excluding carboxylic acids is 2. The van der Waals surface area contributed by atoms with Gasteiger partial charge in [-0.25, -0.2) is 4.79 Å². The SMILES string of the molecule is N#Cc1ccc(COC(=O)Nc2cccc(C(N)=O)c2)cc1. The molecule has 0 spiro atoms. The fourth-order valence-electron chi connectivity index (χ4n) is 1.73. The van der Waals surface area contributed by atoms with Crippen LogP contribution in [0.3, 0.4) is 0 Å². The summed E-state index contributed by atoms with van der Waals surface area (Å²) >= 11 is 0. The summed E-state index contributed by atoms with van der Waals surface area (Å²) in [5, 5.41) is 11.2. The molecule has 0 fully saturated rings. The molecular formula is C16H13N3O3. The monoisotopic (exact) mass is 295 g/mol. The summed E-state index contributed by atoms with van der Waals surface area (Å²) in [5.74, 6) is -0.574. The standard InChI is InChI=1S/C16H13N3O3/c17-9-11-4-6-12(7-5-11)10-22-16(21)19-14-3-1-2-13(8-14)15(18)20/h1-8H,10H2,(H2,18,20)(H,19,21). The summed E-state index contributed by atoms with van der Waals surface area (Å²) in [5.41, 5.74) is 7.18. The van der Waals surface area contributed by atoms with Crippen LogP contribution in [0.4, 0.5) is 10.5 Å². The molecule has 2 aromatic carbocycles. The van der Waals surface area contributed by atoms with Crippen LogP contribution in [0.1, 0.15) is 21.5 Å². The molecule has 6 heteroatoms. The van der Waals surface area contributed by atoms with Gasteiger partial charge in [-0.15, -0.1) is 0 Å². The average Bonchev–Trinajstić information content (AvgIpc) is 2.53. The summed E-state index contributed by atoms with van der Waals surface area (Å²) in [6.45, 7) is 0.0764. The van der Waals surface area contributed by atoms with Gasteiger partial charge in [0.15, 0.2) is 0 Å². The second-order valence-corrected chi connectivity index (χ2v) is 4.45. The molecule has 0 heterocycles. The van der Waals surface area contributed by atoms with E-state index in [2.05, 4.69) is 5.32 Å². The molecule has 0 bridgehead atoms. The van der Waals surface area contributed by atoms with Crippen LogP contribution in [-0.2, 0) is 11.3 Å². The Morgan fingerprint density at radius 2 is 1.91 bits per heavy atom. The van der Waals surface area contributed by atoms with Crippen molar-refractivity contribution in [1.82, 2.24) is 0 Å². The zero-order chi connectivity index (χ0) is 15.9. The van der Waals surface area contributed by atoms with Crippen LogP contribution < -0.4 is 11.1 Å². The fraction of sp³-hybridized carbons (Fsp3) is 0.0625. The van der Waals surface area contributed by atoms with Crippen molar-refractivity contribution in [2.24, 2.45) is 5.73 Å². The molecule has 0 unspecified atom stereocenters. The van der Waals surface area contributed by atoms with Crippen LogP contribution in [0.25, 0.3) is 0 Å². The van der Waals surface area contributed by atoms with E-state index in [1.807, 2.05) is 6.07 Å². The van der Waals surface area contributed by atoms with Gasteiger partial charge in [-0.3, -0.25) is 10.1 Å². The number of primary amides is 1. The first kappa shape index (κ1) is 15.1. The number of ether oxygens (including phenoxy) is 1. The Kier molecular flexibility index (Phi) is 4.73. The van der Waals surface area contributed by atoms with Crippen LogP contribution in [0, 0.1) is 11.3 Å². The number of hydrogen-bond acceptors (Lipinski definition) is 4. The van der Waals surface area contributed by atoms with Crippen LogP contribution in [0.2, 0.25) is 0 Å². The minimum absolute atomic E-state index is 0.0764. The Morgan fingerprint density at radius 1 is 1.18 bits per heavy atom. The Morgan fingerprint density at radius 3 is 2.55 bits per heavy atom. The molecule has 22 heavy (non-hydrogen) atoms. The highest BCUT2D eigenvalue weighted by Crippen LogP contribution is 2.11. The minimum Gasteiger partial charge on any atom is -0.444 e. The smallest absolute Gasteiger partial charge is 0.411 e. The van der Waals surface area contributed by atoms with E-state index in [9.17, 15) is 9.59 Å². The number of rotatable bonds is 4. The average molecular weight is 295 g/mol. The lowest BCUT2D eigenvalue weighted by Gasteiger charge is -2.08. The van der Waals surface area contributed by atoms with Gasteiger partial charge in [-0.05, 0) is 35.9 Å². The second-order valence-electron chi connectivity index (χ2n) is 4.45. The molecule has 2 amide bonds. The van der Waals surface area contributed by atoms with E-state index in [-0.39, 0.29) is 6.61 Å². The molecule has 0 radical (unpaired) electrons. The third-order valence-electron chi connectivity index (χ3n) is 2.85. The van der Waals surface area contributed by atoms with Crippen molar-refractivity contribution in [1.29, 1.82) is 5.26 Å². The number of nitrogens with one attached hydrogen (secondary N) is 1. The Balaban J connectivity index is 1.91. The molecule has 0 aliphatic heterocycles. The summed E-state index contributed by atoms with van der Waals surface area (Å²) in [4.78, 5) is 22.7. The van der Waals surface area contributed by atoms with Crippen molar-refractivity contribution < 1.29 is 14.3 Å². The third kappa shape index (κ3) is 4.08. The van der Waals surface area contributed by atoms with Crippen LogP contribution >= 0.6 is 0 Å². The maximum absolute atomic E-state index is 11.7. The molecule has 0 atom stereocenters. The van der Waals surface area contributed by atoms with Crippen molar-refractivity contribution >= 4 is 17.7 Å². The first-order chi connectivity index (χ1) is 10.6. The summed E-state index contributed by atoms with van der Waals surface area (Å²) in [6, 6.07) is 15.0. The van der Waals surface area contributed by atoms with E-state index in [4.69, 9.17) is 15.7 Å². The van der Waals surface area contributed by atoms with E-state index >= 15 is 0 Å². The van der Waals surface area contributed by atoms with Gasteiger partial charge in [0.1, 0.15) is 6.61 Å². The Labute approximate surface area is 127 Å². The van der Waals surface area contributed by atoms with Crippen molar-refractivity contribution in [3.05, 3.63) is 65.2 Å². The lowest BCUT2D eigenvalue weighted by atomic mass is 10.2. The van der Waals surface area contributed by atoms with Gasteiger partial charge in [-0.2, -0.15) is 5.26 Å². The first-order valence-electron chi connectivity index (χ1n) is 6.41. The lowest BCUT2D eigenvalue weighted by molar-refractivity contribution is 0.1000. The number of nitrogens with zero attached hydrogens (tertiary/aromatic N) is 1. The van der Waals surface area contributed by atoms with Gasteiger partial charge >= 0.3 is 6.09 Å². The fourth-order valence-corrected chi connectivity index (χ4v) is 1.73. The minimum atomic E-state index is -0.647. The topological polar surface area (TPSA) is 105 Å². The predicted molar refractivity (Wildman–Crippen MR) is 79.9 cm³/mol. The molecule has 110 valence electrons. The van der Waals surface area contributed by atoms with Crippen molar-refractivity contribution in [3.8, 4) is 6.07 Å². The summed E-state index contributed by atoms with van der Waals surface area (Å²) in [6.07, 6.45) is -0.647. The van der Waals surface area contributed by atoms with Crippen LogP contribution in [-0.4, -0.2) is 12.0 Å². The lowest BCUT2D eigenvalue weighted by Crippen LogP contribution is -2.15. The van der Waals surface area contributed by atoms with E-state index in [0.717, 1.165) is 5.56 Å². The molecule has 3 N–H and O–H groups in total. The van der Waals surface area contributed by atoms with Gasteiger partial charge in [0.25, 0.3) is 0 Å². The number of nitrogens with two attached hydrogens (primary N) is 1. The molecule has 0 aliphatic carbocycles. The number of amides is 2. The highest BCUT2D eigenvalue weighted by Gasteiger charge is 2.06. The highest BCUT2D eigenvalue weighted by atomic mass is 16.5. The largest absolute Gasteiger partial charge is 0.444 e. The van der Waals surface area contributed by atoms with Crippen molar-refractivity contribution in [2.45, 2.75) is 6.61 Å². The van der Waals surface area contributed by atoms with Gasteiger partial charge in [0.05, 0.1) is 11.6 Å². The van der Waals surface area contributed by atoms with Gasteiger partial charge < -0.3 is 10.5 Å². The Bertz CT molecular complexity index is 733. The van der Waals surface area contributed by atoms with Crippen LogP contribution in [0.15, 0.2) is 48.5 Å². The van der Waals surface area contributed by atoms with E-state index in [1.165, 1.54) is 6.07 Å². The van der Waals surface area contributed by atoms with Crippen molar-refractivity contribution in [3.63, 3.8) is 0 Å². The maximum atomic E-state index is 11.7. The molecule has 0 saturated heterocycles. The number of carbonyl (C=O) groups is 2. The molecule has 2 rings (SSSR count). The number of anilines is 1. The molecular weight excluding hydrogens is 282 g/mol. The zero-order valence-corrected chi connectivity index (χ0v) is 11.6. The van der Waals surface area contributed by atoms with Gasteiger partial charge in [0, 0.05) is 11.3 Å². The highest BCUT2D eigenvalue weighted by molar-refractivity contribution is 5.95. The van der Waals surface area contributed by atoms with E-state index < -0.39 is 12.0 Å². The van der Waals surface area contributed by atoms with E-state index in [0.29, 0.717) is 16.8 Å². The van der Waals surface area contributed by atoms with Crippen LogP contribution in [0.5, 0.6) is 0 Å². The van der Waals surface area contributed by atoms with Crippen molar-refractivity contribution in [2.75, 3.05) is 5.32 Å².